The molecular weight excluding hydrogens is 981 g/mol. The molecule has 4 bridgehead atoms. The summed E-state index contributed by atoms with van der Waals surface area (Å²) in [6, 6.07) is 21.6. The number of ether oxygens (including phenoxy) is 5. The van der Waals surface area contributed by atoms with Crippen molar-refractivity contribution in [3.05, 3.63) is 129 Å². The molecule has 18 heteroatoms. The highest BCUT2D eigenvalue weighted by Gasteiger charge is 2.32. The number of carboxylic acid groups (broad SMARTS) is 1. The van der Waals surface area contributed by atoms with Crippen molar-refractivity contribution in [2.75, 3.05) is 79.2 Å². The van der Waals surface area contributed by atoms with Gasteiger partial charge in [-0.2, -0.15) is 0 Å². The summed E-state index contributed by atoms with van der Waals surface area (Å²) in [5, 5.41) is 12.0. The Morgan fingerprint density at radius 3 is 2.33 bits per heavy atom. The standard InChI is InChI=1S/C54H54Cl2FN7O7S/c1-32-44-33(2)48(56)49(47(32)55)70-41(28-64-20-18-62(3)19-21-64)30-68-40-12-13-42(69-29-39-14-16-58-51(61-39)36-6-4-34(5-7-36)15-17-63-22-24-67-25-23-63)37(26-40)27-43(54(65)66)71-52-46-45(44)50(72-53(46)60-31-59-52)35-8-10-38(57)11-9-35/h4-14,16,26,31,41,43H,15,17-25,27-30H2,1-3H3,(H,65,66)/t41-,43-/m1/s1. The van der Waals surface area contributed by atoms with Gasteiger partial charge in [0.2, 0.25) is 12.0 Å². The molecule has 3 aromatic heterocycles. The summed E-state index contributed by atoms with van der Waals surface area (Å²) in [4.78, 5) is 40.3. The van der Waals surface area contributed by atoms with Gasteiger partial charge in [-0.25, -0.2) is 29.1 Å². The van der Waals surface area contributed by atoms with Gasteiger partial charge in [-0.15, -0.1) is 11.3 Å². The molecule has 2 atom stereocenters. The van der Waals surface area contributed by atoms with Crippen LogP contribution in [0.4, 0.5) is 4.39 Å². The summed E-state index contributed by atoms with van der Waals surface area (Å²) in [5.74, 6) is 0.157. The number of aliphatic carboxylic acids is 1. The average Bonchev–Trinajstić information content (AvgIpc) is 3.78. The first-order valence-electron chi connectivity index (χ1n) is 24.0. The number of fused-ring (bicyclic) bond motifs is 7. The van der Waals surface area contributed by atoms with Crippen molar-refractivity contribution in [3.63, 3.8) is 0 Å². The van der Waals surface area contributed by atoms with Crippen LogP contribution >= 0.6 is 34.5 Å². The summed E-state index contributed by atoms with van der Waals surface area (Å²) in [7, 11) is 2.11. The van der Waals surface area contributed by atoms with Crippen molar-refractivity contribution in [1.82, 2.24) is 34.6 Å². The third-order valence-electron chi connectivity index (χ3n) is 13.5. The van der Waals surface area contributed by atoms with Crippen LogP contribution in [0.3, 0.4) is 0 Å². The third-order valence-corrected chi connectivity index (χ3v) is 15.5. The van der Waals surface area contributed by atoms with Crippen molar-refractivity contribution in [2.45, 2.75) is 45.5 Å². The van der Waals surface area contributed by atoms with E-state index < -0.39 is 24.0 Å². The fraction of sp³-hybridized carbons (Fsp3) is 0.352. The van der Waals surface area contributed by atoms with Gasteiger partial charge in [-0.1, -0.05) is 59.6 Å². The van der Waals surface area contributed by atoms with Crippen LogP contribution in [0.1, 0.15) is 27.9 Å². The first kappa shape index (κ1) is 49.6. The van der Waals surface area contributed by atoms with Gasteiger partial charge in [0.1, 0.15) is 47.8 Å². The number of likely N-dealkylation sites (N-methyl/N-ethyl adjacent to an activating group) is 1. The first-order valence-corrected chi connectivity index (χ1v) is 25.6. The van der Waals surface area contributed by atoms with Crippen molar-refractivity contribution in [3.8, 4) is 56.1 Å². The maximum Gasteiger partial charge on any atom is 0.345 e. The van der Waals surface area contributed by atoms with E-state index in [2.05, 4.69) is 48.8 Å². The van der Waals surface area contributed by atoms with Crippen LogP contribution in [0.5, 0.6) is 23.1 Å². The van der Waals surface area contributed by atoms with E-state index in [1.165, 1.54) is 35.4 Å². The van der Waals surface area contributed by atoms with Crippen molar-refractivity contribution < 1.29 is 38.0 Å². The highest BCUT2D eigenvalue weighted by molar-refractivity contribution is 7.22. The Morgan fingerprint density at radius 1 is 0.861 bits per heavy atom. The van der Waals surface area contributed by atoms with E-state index >= 15 is 0 Å². The van der Waals surface area contributed by atoms with E-state index in [0.717, 1.165) is 71.0 Å². The van der Waals surface area contributed by atoms with E-state index in [9.17, 15) is 14.3 Å². The topological polar surface area (TPSA) is 145 Å². The van der Waals surface area contributed by atoms with Gasteiger partial charge in [0.15, 0.2) is 11.6 Å². The zero-order chi connectivity index (χ0) is 49.9. The molecule has 1 N–H and O–H groups in total. The fourth-order valence-electron chi connectivity index (χ4n) is 9.41. The number of carboxylic acids is 1. The Kier molecular flexibility index (Phi) is 15.2. The molecule has 4 aliphatic heterocycles. The van der Waals surface area contributed by atoms with Gasteiger partial charge >= 0.3 is 5.97 Å². The van der Waals surface area contributed by atoms with E-state index in [0.29, 0.717) is 93.8 Å². The number of hydrogen-bond donors (Lipinski definition) is 1. The number of hydrogen-bond acceptors (Lipinski definition) is 14. The molecule has 0 amide bonds. The van der Waals surface area contributed by atoms with Gasteiger partial charge < -0.3 is 33.7 Å². The number of thiophene rings is 1. The molecule has 2 saturated heterocycles. The number of halogens is 3. The van der Waals surface area contributed by atoms with Crippen LogP contribution in [0.15, 0.2) is 85.3 Å². The molecular formula is C54H54Cl2FN7O7S. The summed E-state index contributed by atoms with van der Waals surface area (Å²) in [5.41, 5.74) is 6.53. The van der Waals surface area contributed by atoms with Crippen LogP contribution in [0.2, 0.25) is 10.0 Å². The second kappa shape index (κ2) is 22.0. The number of aromatic nitrogens is 4. The zero-order valence-electron chi connectivity index (χ0n) is 40.2. The van der Waals surface area contributed by atoms with Crippen LogP contribution in [-0.2, 0) is 29.0 Å². The second-order valence-electron chi connectivity index (χ2n) is 18.4. The smallest absolute Gasteiger partial charge is 0.345 e. The van der Waals surface area contributed by atoms with Crippen molar-refractivity contribution in [2.24, 2.45) is 0 Å². The Hall–Kier alpha value is -5.98. The van der Waals surface area contributed by atoms with E-state index in [-0.39, 0.29) is 25.5 Å². The van der Waals surface area contributed by atoms with E-state index in [1.54, 1.807) is 42.6 Å². The third kappa shape index (κ3) is 11.0. The maximum atomic E-state index is 14.4. The SMILES string of the molecule is Cc1c(Cl)c2c(Cl)c(C)c1-c1c(-c3ccc(F)cc3)sc3ncnc(c13)O[C@@H](C(=O)O)Cc1cc(ccc1OCc1ccnc(-c3ccc(CCN4CCOCC4)cc3)n1)OC[C@@H](CN1CCN(C)CC1)O2. The van der Waals surface area contributed by atoms with Gasteiger partial charge in [0.25, 0.3) is 0 Å². The fourth-order valence-corrected chi connectivity index (χ4v) is 11.1. The van der Waals surface area contributed by atoms with E-state index in [4.69, 9.17) is 51.9 Å². The lowest BCUT2D eigenvalue weighted by molar-refractivity contribution is -0.145. The van der Waals surface area contributed by atoms with Crippen LogP contribution in [-0.4, -0.2) is 137 Å². The summed E-state index contributed by atoms with van der Waals surface area (Å²) >= 11 is 16.0. The van der Waals surface area contributed by atoms with Gasteiger partial charge in [-0.05, 0) is 91.5 Å². The molecule has 14 nitrogen and oxygen atoms in total. The predicted molar refractivity (Wildman–Crippen MR) is 277 cm³/mol. The number of piperazine rings is 1. The highest BCUT2D eigenvalue weighted by Crippen LogP contribution is 2.53. The lowest BCUT2D eigenvalue weighted by Gasteiger charge is -2.35. The Labute approximate surface area is 431 Å². The molecule has 0 saturated carbocycles. The molecule has 374 valence electrons. The number of carbonyl (C=O) groups is 1. The Bertz CT molecular complexity index is 3050. The molecule has 4 aliphatic rings. The summed E-state index contributed by atoms with van der Waals surface area (Å²) in [6.45, 7) is 12.4. The average molecular weight is 1040 g/mol. The largest absolute Gasteiger partial charge is 0.490 e. The van der Waals surface area contributed by atoms with Gasteiger partial charge in [-0.3, -0.25) is 9.80 Å². The molecule has 0 unspecified atom stereocenters. The molecule has 4 aromatic carbocycles. The monoisotopic (exact) mass is 1030 g/mol. The molecule has 0 aliphatic carbocycles. The minimum atomic E-state index is -1.47. The second-order valence-corrected chi connectivity index (χ2v) is 20.1. The lowest BCUT2D eigenvalue weighted by atomic mass is 9.92. The predicted octanol–water partition coefficient (Wildman–Crippen LogP) is 9.46. The van der Waals surface area contributed by atoms with E-state index in [1.807, 2.05) is 26.0 Å². The Morgan fingerprint density at radius 2 is 1.60 bits per heavy atom. The number of morpholine rings is 1. The molecule has 72 heavy (non-hydrogen) atoms. The number of rotatable bonds is 11. The quantitative estimate of drug-likeness (QED) is 0.131. The summed E-state index contributed by atoms with van der Waals surface area (Å²) < 4.78 is 46.3. The first-order chi connectivity index (χ1) is 34.9. The van der Waals surface area contributed by atoms with Crippen molar-refractivity contribution in [1.29, 1.82) is 0 Å². The van der Waals surface area contributed by atoms with Gasteiger partial charge in [0.05, 0.1) is 34.3 Å². The minimum absolute atomic E-state index is 0.0310. The molecule has 2 fully saturated rings. The van der Waals surface area contributed by atoms with Crippen LogP contribution < -0.4 is 18.9 Å². The zero-order valence-corrected chi connectivity index (χ0v) is 42.5. The molecule has 0 radical (unpaired) electrons. The normalized spacial score (nSPS) is 18.0. The van der Waals surface area contributed by atoms with Crippen LogP contribution in [0, 0.1) is 19.7 Å². The lowest BCUT2D eigenvalue weighted by Crippen LogP contribution is -2.49. The highest BCUT2D eigenvalue weighted by atomic mass is 35.5. The molecule has 7 aromatic rings. The minimum Gasteiger partial charge on any atom is -0.490 e. The number of nitrogens with zero attached hydrogens (tertiary/aromatic N) is 7. The summed E-state index contributed by atoms with van der Waals surface area (Å²) in [6.07, 6.45) is 1.84. The Balaban J connectivity index is 1.01. The number of benzene rings is 4. The molecule has 11 rings (SSSR count). The van der Waals surface area contributed by atoms with Gasteiger partial charge in [0, 0.05) is 86.5 Å². The van der Waals surface area contributed by atoms with Crippen LogP contribution in [0.25, 0.3) is 43.2 Å². The van der Waals surface area contributed by atoms with Crippen molar-refractivity contribution >= 4 is 50.7 Å². The maximum absolute atomic E-state index is 14.4. The molecule has 7 heterocycles. The molecule has 0 spiro atoms.